The molecule has 0 spiro atoms. The van der Waals surface area contributed by atoms with Crippen molar-refractivity contribution in [3.8, 4) is 17.1 Å². The Labute approximate surface area is 199 Å². The molecule has 3 aromatic heterocycles. The lowest BCUT2D eigenvalue weighted by molar-refractivity contribution is 0.164. The van der Waals surface area contributed by atoms with E-state index in [1.54, 1.807) is 42.7 Å². The van der Waals surface area contributed by atoms with Crippen LogP contribution in [0.2, 0.25) is 10.0 Å². The summed E-state index contributed by atoms with van der Waals surface area (Å²) in [5, 5.41) is 18.3. The summed E-state index contributed by atoms with van der Waals surface area (Å²) in [4.78, 5) is 26.1. The first-order valence-electron chi connectivity index (χ1n) is 10.2. The Balaban J connectivity index is 1.68. The molecule has 0 aliphatic heterocycles. The predicted molar refractivity (Wildman–Crippen MR) is 128 cm³/mol. The molecule has 0 aliphatic carbocycles. The molecule has 8 nitrogen and oxygen atoms in total. The van der Waals surface area contributed by atoms with Crippen molar-refractivity contribution >= 4 is 34.8 Å². The van der Waals surface area contributed by atoms with Crippen molar-refractivity contribution in [2.75, 3.05) is 5.32 Å². The van der Waals surface area contributed by atoms with Crippen LogP contribution in [0.4, 0.5) is 11.6 Å². The monoisotopic (exact) mass is 482 g/mol. The molecule has 0 fully saturated rings. The van der Waals surface area contributed by atoms with Crippen molar-refractivity contribution in [3.05, 3.63) is 87.0 Å². The fourth-order valence-electron chi connectivity index (χ4n) is 3.30. The zero-order valence-corrected chi connectivity index (χ0v) is 19.1. The quantitative estimate of drug-likeness (QED) is 0.382. The second-order valence-electron chi connectivity index (χ2n) is 7.23. The molecule has 1 unspecified atom stereocenters. The van der Waals surface area contributed by atoms with Crippen molar-refractivity contribution in [2.45, 2.75) is 25.9 Å². The number of anilines is 2. The molecule has 10 heteroatoms. The Bertz CT molecular complexity index is 1340. The summed E-state index contributed by atoms with van der Waals surface area (Å²) >= 11 is 12.2. The van der Waals surface area contributed by atoms with Gasteiger partial charge < -0.3 is 10.4 Å². The molecule has 1 aromatic carbocycles. The topological polar surface area (TPSA) is 106 Å². The minimum absolute atomic E-state index is 0.107. The molecule has 0 bridgehead atoms. The van der Waals surface area contributed by atoms with Crippen LogP contribution >= 0.6 is 23.2 Å². The molecule has 0 saturated heterocycles. The van der Waals surface area contributed by atoms with Crippen molar-refractivity contribution in [1.82, 2.24) is 24.7 Å². The van der Waals surface area contributed by atoms with Gasteiger partial charge in [0.1, 0.15) is 0 Å². The number of halogens is 2. The van der Waals surface area contributed by atoms with E-state index in [1.165, 1.54) is 6.20 Å². The molecule has 0 radical (unpaired) electrons. The lowest BCUT2D eigenvalue weighted by atomic mass is 10.1. The Morgan fingerprint density at radius 3 is 2.73 bits per heavy atom. The zero-order chi connectivity index (χ0) is 23.4. The summed E-state index contributed by atoms with van der Waals surface area (Å²) in [6, 6.07) is 12.4. The number of benzene rings is 1. The molecule has 1 atom stereocenters. The molecule has 4 aromatic rings. The standard InChI is InChI=1S/C23H20Cl2N6O2/c1-2-4-19(32)21-17(25)13-28-31(22(21)33)20-11-14(7-9-26-20)18-8-10-27-23(30-18)29-16-6-3-5-15(24)12-16/h3,5-13,19,32H,2,4H2,1H3,(H,27,29,30). The minimum Gasteiger partial charge on any atom is -0.388 e. The predicted octanol–water partition coefficient (Wildman–Crippen LogP) is 4.97. The van der Waals surface area contributed by atoms with Crippen LogP contribution in [0.25, 0.3) is 17.1 Å². The second-order valence-corrected chi connectivity index (χ2v) is 8.07. The molecular weight excluding hydrogens is 463 g/mol. The van der Waals surface area contributed by atoms with Gasteiger partial charge in [0.15, 0.2) is 5.82 Å². The highest BCUT2D eigenvalue weighted by Crippen LogP contribution is 2.24. The van der Waals surface area contributed by atoms with Crippen LogP contribution in [-0.2, 0) is 0 Å². The number of pyridine rings is 1. The lowest BCUT2D eigenvalue weighted by Gasteiger charge is -2.13. The normalized spacial score (nSPS) is 11.9. The first-order chi connectivity index (χ1) is 16.0. The Kier molecular flexibility index (Phi) is 6.98. The van der Waals surface area contributed by atoms with E-state index in [-0.39, 0.29) is 16.4 Å². The third kappa shape index (κ3) is 5.19. The van der Waals surface area contributed by atoms with Crippen molar-refractivity contribution in [2.24, 2.45) is 0 Å². The summed E-state index contributed by atoms with van der Waals surface area (Å²) in [7, 11) is 0. The van der Waals surface area contributed by atoms with Crippen LogP contribution < -0.4 is 10.9 Å². The third-order valence-electron chi connectivity index (χ3n) is 4.86. The average molecular weight is 483 g/mol. The van der Waals surface area contributed by atoms with E-state index in [4.69, 9.17) is 23.2 Å². The van der Waals surface area contributed by atoms with Gasteiger partial charge >= 0.3 is 0 Å². The van der Waals surface area contributed by atoms with Gasteiger partial charge in [0.2, 0.25) is 5.95 Å². The van der Waals surface area contributed by atoms with E-state index in [2.05, 4.69) is 25.4 Å². The molecule has 3 heterocycles. The van der Waals surface area contributed by atoms with Gasteiger partial charge in [-0.25, -0.2) is 15.0 Å². The first kappa shape index (κ1) is 22.8. The highest BCUT2D eigenvalue weighted by atomic mass is 35.5. The largest absolute Gasteiger partial charge is 0.388 e. The number of nitrogens with zero attached hydrogens (tertiary/aromatic N) is 5. The maximum atomic E-state index is 13.0. The van der Waals surface area contributed by atoms with Crippen LogP contribution in [-0.4, -0.2) is 29.8 Å². The van der Waals surface area contributed by atoms with E-state index in [0.29, 0.717) is 35.1 Å². The van der Waals surface area contributed by atoms with E-state index in [1.807, 2.05) is 19.1 Å². The molecule has 4 rings (SSSR count). The summed E-state index contributed by atoms with van der Waals surface area (Å²) in [5.41, 5.74) is 1.67. The van der Waals surface area contributed by atoms with Gasteiger partial charge in [-0.2, -0.15) is 9.78 Å². The lowest BCUT2D eigenvalue weighted by Crippen LogP contribution is -2.27. The van der Waals surface area contributed by atoms with Crippen molar-refractivity contribution in [1.29, 1.82) is 0 Å². The van der Waals surface area contributed by atoms with E-state index in [9.17, 15) is 9.90 Å². The Morgan fingerprint density at radius 2 is 1.94 bits per heavy atom. The van der Waals surface area contributed by atoms with Gasteiger partial charge in [0, 0.05) is 28.7 Å². The number of hydrogen-bond acceptors (Lipinski definition) is 7. The summed E-state index contributed by atoms with van der Waals surface area (Å²) in [5.74, 6) is 0.668. The van der Waals surface area contributed by atoms with E-state index in [0.717, 1.165) is 10.4 Å². The highest BCUT2D eigenvalue weighted by Gasteiger charge is 2.19. The van der Waals surface area contributed by atoms with Crippen LogP contribution in [0.5, 0.6) is 0 Å². The van der Waals surface area contributed by atoms with Gasteiger partial charge in [0.05, 0.1) is 28.6 Å². The van der Waals surface area contributed by atoms with Gasteiger partial charge in [-0.3, -0.25) is 4.79 Å². The maximum absolute atomic E-state index is 13.0. The van der Waals surface area contributed by atoms with Crippen LogP contribution in [0, 0.1) is 0 Å². The van der Waals surface area contributed by atoms with Gasteiger partial charge in [-0.05, 0) is 42.8 Å². The van der Waals surface area contributed by atoms with Gasteiger partial charge in [-0.15, -0.1) is 0 Å². The number of aliphatic hydroxyl groups is 1. The number of rotatable bonds is 7. The number of nitrogens with one attached hydrogen (secondary N) is 1. The maximum Gasteiger partial charge on any atom is 0.280 e. The molecule has 0 amide bonds. The Morgan fingerprint density at radius 1 is 1.12 bits per heavy atom. The minimum atomic E-state index is -0.977. The second kappa shape index (κ2) is 10.1. The van der Waals surface area contributed by atoms with Crippen LogP contribution in [0.1, 0.15) is 31.4 Å². The van der Waals surface area contributed by atoms with Gasteiger partial charge in [-0.1, -0.05) is 42.6 Å². The van der Waals surface area contributed by atoms with E-state index < -0.39 is 11.7 Å². The molecule has 33 heavy (non-hydrogen) atoms. The highest BCUT2D eigenvalue weighted by molar-refractivity contribution is 6.31. The summed E-state index contributed by atoms with van der Waals surface area (Å²) < 4.78 is 1.12. The average Bonchev–Trinajstić information content (AvgIpc) is 2.80. The fraction of sp³-hybridized carbons (Fsp3) is 0.174. The number of aromatic nitrogens is 5. The summed E-state index contributed by atoms with van der Waals surface area (Å²) in [6.07, 6.45) is 4.66. The molecule has 0 saturated carbocycles. The fourth-order valence-corrected chi connectivity index (χ4v) is 3.74. The zero-order valence-electron chi connectivity index (χ0n) is 17.6. The van der Waals surface area contributed by atoms with E-state index >= 15 is 0 Å². The smallest absolute Gasteiger partial charge is 0.280 e. The van der Waals surface area contributed by atoms with Crippen molar-refractivity contribution < 1.29 is 5.11 Å². The van der Waals surface area contributed by atoms with Crippen LogP contribution in [0.15, 0.2) is 65.8 Å². The molecule has 0 aliphatic rings. The third-order valence-corrected chi connectivity index (χ3v) is 5.39. The summed E-state index contributed by atoms with van der Waals surface area (Å²) in [6.45, 7) is 1.92. The van der Waals surface area contributed by atoms with Crippen molar-refractivity contribution in [3.63, 3.8) is 0 Å². The first-order valence-corrected chi connectivity index (χ1v) is 11.0. The molecule has 2 N–H and O–H groups in total. The van der Waals surface area contributed by atoms with Crippen LogP contribution in [0.3, 0.4) is 0 Å². The number of hydrogen-bond donors (Lipinski definition) is 2. The SMILES string of the molecule is CCCC(O)c1c(Cl)cnn(-c2cc(-c3ccnc(Nc4cccc(Cl)c4)n3)ccn2)c1=O. The molecular formula is C23H20Cl2N6O2. The van der Waals surface area contributed by atoms with Gasteiger partial charge in [0.25, 0.3) is 5.56 Å². The Hall–Kier alpha value is -3.33. The molecule has 168 valence electrons. The number of aliphatic hydroxyl groups excluding tert-OH is 1.